The average Bonchev–Trinajstić information content (AvgIpc) is 3.13. The van der Waals surface area contributed by atoms with Gasteiger partial charge in [-0.3, -0.25) is 9.69 Å². The molecule has 0 radical (unpaired) electrons. The lowest BCUT2D eigenvalue weighted by Crippen LogP contribution is -2.44. The van der Waals surface area contributed by atoms with Gasteiger partial charge < -0.3 is 14.6 Å². The summed E-state index contributed by atoms with van der Waals surface area (Å²) in [6.45, 7) is 11.3. The van der Waals surface area contributed by atoms with Crippen molar-refractivity contribution in [3.8, 4) is 5.75 Å². The van der Waals surface area contributed by atoms with E-state index in [-0.39, 0.29) is 11.9 Å². The highest BCUT2D eigenvalue weighted by Crippen LogP contribution is 2.28. The molecule has 3 aromatic rings. The summed E-state index contributed by atoms with van der Waals surface area (Å²) in [4.78, 5) is 15.8. The number of piperidine rings is 1. The molecule has 0 bridgehead atoms. The smallest absolute Gasteiger partial charge is 0.255 e. The highest BCUT2D eigenvalue weighted by molar-refractivity contribution is 6.01. The van der Waals surface area contributed by atoms with Gasteiger partial charge in [0.25, 0.3) is 5.91 Å². The summed E-state index contributed by atoms with van der Waals surface area (Å²) in [5, 5.41) is 9.30. The minimum atomic E-state index is -0.0859. The third kappa shape index (κ3) is 5.63. The van der Waals surface area contributed by atoms with Gasteiger partial charge in [-0.05, 0) is 63.4 Å². The van der Waals surface area contributed by atoms with E-state index < -0.39 is 0 Å². The van der Waals surface area contributed by atoms with Crippen LogP contribution >= 0.6 is 0 Å². The summed E-state index contributed by atoms with van der Waals surface area (Å²) in [6, 6.07) is 12.1. The number of amides is 1. The van der Waals surface area contributed by atoms with Gasteiger partial charge in [-0.2, -0.15) is 0 Å². The van der Waals surface area contributed by atoms with Crippen LogP contribution in [0.1, 0.15) is 54.1 Å². The first-order valence-electron chi connectivity index (χ1n) is 11.6. The molecule has 2 aromatic carbocycles. The maximum atomic E-state index is 13.3. The van der Waals surface area contributed by atoms with Crippen LogP contribution in [0, 0.1) is 13.8 Å². The van der Waals surface area contributed by atoms with E-state index in [1.165, 1.54) is 5.57 Å². The largest absolute Gasteiger partial charge is 0.488 e. The summed E-state index contributed by atoms with van der Waals surface area (Å²) in [7, 11) is 0. The van der Waals surface area contributed by atoms with Crippen LogP contribution < -0.4 is 10.1 Å². The zero-order chi connectivity index (χ0) is 23.4. The molecule has 6 nitrogen and oxygen atoms in total. The number of allylic oxidation sites excluding steroid dienone is 1. The van der Waals surface area contributed by atoms with Crippen molar-refractivity contribution in [2.24, 2.45) is 0 Å². The van der Waals surface area contributed by atoms with Crippen molar-refractivity contribution >= 4 is 16.7 Å². The maximum absolute atomic E-state index is 13.3. The number of fused-ring (bicyclic) bond motifs is 1. The minimum Gasteiger partial charge on any atom is -0.488 e. The van der Waals surface area contributed by atoms with Gasteiger partial charge in [0.1, 0.15) is 18.1 Å². The summed E-state index contributed by atoms with van der Waals surface area (Å²) in [5.74, 6) is 1.23. The van der Waals surface area contributed by atoms with E-state index in [1.54, 1.807) is 0 Å². The maximum Gasteiger partial charge on any atom is 0.255 e. The topological polar surface area (TPSA) is 67.6 Å². The minimum absolute atomic E-state index is 0.0859. The number of carbonyl (C=O) groups is 1. The van der Waals surface area contributed by atoms with Crippen molar-refractivity contribution in [1.29, 1.82) is 0 Å². The van der Waals surface area contributed by atoms with Gasteiger partial charge in [0.05, 0.1) is 16.8 Å². The SMILES string of the molecule is CC(C)=CCN1CCC(NC(=O)c2cc3ccccc3cc2OCc2c(C)noc2C)CC1. The Bertz CT molecular complexity index is 1130. The van der Waals surface area contributed by atoms with Crippen LogP contribution in [0.2, 0.25) is 0 Å². The molecule has 1 fully saturated rings. The summed E-state index contributed by atoms with van der Waals surface area (Å²) in [6.07, 6.45) is 4.16. The number of likely N-dealkylation sites (tertiary alicyclic amines) is 1. The highest BCUT2D eigenvalue weighted by Gasteiger charge is 2.23. The molecule has 6 heteroatoms. The van der Waals surface area contributed by atoms with Crippen LogP contribution in [0.3, 0.4) is 0 Å². The van der Waals surface area contributed by atoms with Crippen LogP contribution in [0.4, 0.5) is 0 Å². The van der Waals surface area contributed by atoms with Crippen LogP contribution in [0.25, 0.3) is 10.8 Å². The molecule has 174 valence electrons. The molecular weight excluding hydrogens is 414 g/mol. The molecule has 1 aliphatic rings. The molecule has 0 spiro atoms. The van der Waals surface area contributed by atoms with Crippen molar-refractivity contribution < 1.29 is 14.1 Å². The number of nitrogens with zero attached hydrogens (tertiary/aromatic N) is 2. The first kappa shape index (κ1) is 23.1. The van der Waals surface area contributed by atoms with E-state index in [9.17, 15) is 4.79 Å². The van der Waals surface area contributed by atoms with E-state index >= 15 is 0 Å². The fourth-order valence-electron chi connectivity index (χ4n) is 4.21. The summed E-state index contributed by atoms with van der Waals surface area (Å²) < 4.78 is 11.4. The second kappa shape index (κ2) is 10.2. The van der Waals surface area contributed by atoms with Crippen molar-refractivity contribution in [3.63, 3.8) is 0 Å². The van der Waals surface area contributed by atoms with Gasteiger partial charge in [-0.25, -0.2) is 0 Å². The van der Waals surface area contributed by atoms with E-state index in [4.69, 9.17) is 9.26 Å². The molecule has 1 saturated heterocycles. The van der Waals surface area contributed by atoms with Crippen LogP contribution in [0.5, 0.6) is 5.75 Å². The van der Waals surface area contributed by atoms with Gasteiger partial charge >= 0.3 is 0 Å². The second-order valence-corrected chi connectivity index (χ2v) is 9.12. The lowest BCUT2D eigenvalue weighted by atomic mass is 10.0. The third-order valence-corrected chi connectivity index (χ3v) is 6.33. The number of carbonyl (C=O) groups excluding carboxylic acids is 1. The Balaban J connectivity index is 1.49. The Kier molecular flexibility index (Phi) is 7.14. The number of ether oxygens (including phenoxy) is 1. The molecule has 0 aliphatic carbocycles. The Morgan fingerprint density at radius 1 is 1.18 bits per heavy atom. The van der Waals surface area contributed by atoms with Crippen LogP contribution in [-0.2, 0) is 6.61 Å². The first-order valence-corrected chi connectivity index (χ1v) is 11.6. The second-order valence-electron chi connectivity index (χ2n) is 9.12. The van der Waals surface area contributed by atoms with E-state index in [1.807, 2.05) is 50.2 Å². The Hall–Kier alpha value is -3.12. The van der Waals surface area contributed by atoms with Gasteiger partial charge in [0, 0.05) is 25.7 Å². The summed E-state index contributed by atoms with van der Waals surface area (Å²) in [5.41, 5.74) is 3.62. The number of nitrogens with one attached hydrogen (secondary N) is 1. The number of aromatic nitrogens is 1. The Morgan fingerprint density at radius 2 is 1.88 bits per heavy atom. The van der Waals surface area contributed by atoms with Crippen molar-refractivity contribution in [2.75, 3.05) is 19.6 Å². The molecule has 0 unspecified atom stereocenters. The molecule has 1 amide bonds. The number of benzene rings is 2. The predicted octanol–water partition coefficient (Wildman–Crippen LogP) is 5.18. The van der Waals surface area contributed by atoms with Gasteiger partial charge in [-0.1, -0.05) is 41.1 Å². The van der Waals surface area contributed by atoms with Crippen molar-refractivity contribution in [1.82, 2.24) is 15.4 Å². The first-order chi connectivity index (χ1) is 15.9. The fraction of sp³-hybridized carbons (Fsp3) is 0.407. The molecule has 2 heterocycles. The summed E-state index contributed by atoms with van der Waals surface area (Å²) >= 11 is 0. The number of rotatable bonds is 7. The normalized spacial score (nSPS) is 14.9. The van der Waals surface area contributed by atoms with E-state index in [0.29, 0.717) is 17.9 Å². The monoisotopic (exact) mass is 447 g/mol. The molecule has 4 rings (SSSR count). The Labute approximate surface area is 195 Å². The molecule has 1 aliphatic heterocycles. The van der Waals surface area contributed by atoms with Crippen molar-refractivity contribution in [3.05, 3.63) is 70.6 Å². The fourth-order valence-corrected chi connectivity index (χ4v) is 4.21. The van der Waals surface area contributed by atoms with E-state index in [0.717, 1.165) is 60.3 Å². The average molecular weight is 448 g/mol. The predicted molar refractivity (Wildman–Crippen MR) is 131 cm³/mol. The number of hydrogen-bond acceptors (Lipinski definition) is 5. The molecule has 0 saturated carbocycles. The molecule has 0 atom stereocenters. The van der Waals surface area contributed by atoms with Gasteiger partial charge in [0.15, 0.2) is 0 Å². The van der Waals surface area contributed by atoms with Gasteiger partial charge in [-0.15, -0.1) is 0 Å². The van der Waals surface area contributed by atoms with E-state index in [2.05, 4.69) is 35.3 Å². The van der Waals surface area contributed by atoms with Crippen molar-refractivity contribution in [2.45, 2.75) is 53.2 Å². The van der Waals surface area contributed by atoms with Gasteiger partial charge in [0.2, 0.25) is 0 Å². The third-order valence-electron chi connectivity index (χ3n) is 6.33. The number of aryl methyl sites for hydroxylation is 2. The lowest BCUT2D eigenvalue weighted by molar-refractivity contribution is 0.0909. The zero-order valence-electron chi connectivity index (χ0n) is 20.0. The molecular formula is C27H33N3O3. The molecule has 1 N–H and O–H groups in total. The zero-order valence-corrected chi connectivity index (χ0v) is 20.0. The van der Waals surface area contributed by atoms with Crippen LogP contribution in [0.15, 0.2) is 52.6 Å². The molecule has 33 heavy (non-hydrogen) atoms. The lowest BCUT2D eigenvalue weighted by Gasteiger charge is -2.31. The molecule has 1 aromatic heterocycles. The standard InChI is InChI=1S/C27H33N3O3/c1-18(2)9-12-30-13-10-23(11-14-30)28-27(31)24-15-21-7-5-6-8-22(21)16-26(24)32-17-25-19(3)29-33-20(25)4/h5-9,15-16,23H,10-14,17H2,1-4H3,(H,28,31). The highest BCUT2D eigenvalue weighted by atomic mass is 16.5. The number of hydrogen-bond donors (Lipinski definition) is 1. The Morgan fingerprint density at radius 3 is 2.52 bits per heavy atom. The van der Waals surface area contributed by atoms with Crippen LogP contribution in [-0.4, -0.2) is 41.6 Å². The quantitative estimate of drug-likeness (QED) is 0.505.